The van der Waals surface area contributed by atoms with Gasteiger partial charge in [0.2, 0.25) is 0 Å². The van der Waals surface area contributed by atoms with Crippen LogP contribution in [0.3, 0.4) is 0 Å². The van der Waals surface area contributed by atoms with Crippen molar-refractivity contribution in [3.8, 4) is 11.8 Å². The molecule has 1 aliphatic rings. The number of hydrogen-bond donors (Lipinski definition) is 0. The molecule has 21 heavy (non-hydrogen) atoms. The zero-order valence-corrected chi connectivity index (χ0v) is 12.7. The Morgan fingerprint density at radius 2 is 2.24 bits per heavy atom. The molecule has 0 unspecified atom stereocenters. The summed E-state index contributed by atoms with van der Waals surface area (Å²) in [6.07, 6.45) is 2.60. The number of hydrogen-bond acceptors (Lipinski definition) is 4. The maximum absolute atomic E-state index is 8.89. The van der Waals surface area contributed by atoms with E-state index in [0.29, 0.717) is 12.2 Å². The number of nitrogens with zero attached hydrogens (tertiary/aromatic N) is 2. The topological polar surface area (TPSA) is 36.3 Å². The highest BCUT2D eigenvalue weighted by molar-refractivity contribution is 7.07. The van der Waals surface area contributed by atoms with Crippen molar-refractivity contribution in [2.24, 2.45) is 0 Å². The Balaban J connectivity index is 1.51. The van der Waals surface area contributed by atoms with Gasteiger partial charge in [-0.25, -0.2) is 0 Å². The lowest BCUT2D eigenvalue weighted by molar-refractivity contribution is 0.195. The minimum absolute atomic E-state index is 0.643. The lowest BCUT2D eigenvalue weighted by Crippen LogP contribution is -2.30. The fraction of sp³-hybridized carbons (Fsp3) is 0.353. The van der Waals surface area contributed by atoms with Crippen molar-refractivity contribution in [1.82, 2.24) is 4.90 Å². The van der Waals surface area contributed by atoms with E-state index in [1.807, 2.05) is 12.1 Å². The molecule has 1 aromatic carbocycles. The molecular formula is C17H18N2OS. The summed E-state index contributed by atoms with van der Waals surface area (Å²) >= 11 is 1.75. The average molecular weight is 298 g/mol. The van der Waals surface area contributed by atoms with Crippen molar-refractivity contribution in [3.05, 3.63) is 52.2 Å². The standard InChI is InChI=1S/C17H18N2OS/c18-11-14-2-1-3-17(10-14)20-8-7-19(16-4-5-16)12-15-6-9-21-13-15/h1-3,6,9-10,13,16H,4-5,7-8,12H2. The Morgan fingerprint density at radius 3 is 2.95 bits per heavy atom. The van der Waals surface area contributed by atoms with Crippen LogP contribution in [-0.2, 0) is 6.54 Å². The van der Waals surface area contributed by atoms with Gasteiger partial charge in [0.25, 0.3) is 0 Å². The Labute approximate surface area is 129 Å². The van der Waals surface area contributed by atoms with E-state index < -0.39 is 0 Å². The van der Waals surface area contributed by atoms with Crippen LogP contribution in [0, 0.1) is 11.3 Å². The van der Waals surface area contributed by atoms with Crippen LogP contribution >= 0.6 is 11.3 Å². The Morgan fingerprint density at radius 1 is 1.33 bits per heavy atom. The second kappa shape index (κ2) is 6.75. The van der Waals surface area contributed by atoms with E-state index in [-0.39, 0.29) is 0 Å². The van der Waals surface area contributed by atoms with Crippen molar-refractivity contribution >= 4 is 11.3 Å². The zero-order valence-electron chi connectivity index (χ0n) is 11.9. The molecule has 1 heterocycles. The third kappa shape index (κ3) is 4.07. The number of ether oxygens (including phenoxy) is 1. The van der Waals surface area contributed by atoms with Crippen LogP contribution in [0.1, 0.15) is 24.0 Å². The molecule has 4 heteroatoms. The lowest BCUT2D eigenvalue weighted by atomic mass is 10.2. The highest BCUT2D eigenvalue weighted by atomic mass is 32.1. The predicted octanol–water partition coefficient (Wildman–Crippen LogP) is 3.66. The van der Waals surface area contributed by atoms with Gasteiger partial charge in [0.1, 0.15) is 12.4 Å². The second-order valence-electron chi connectivity index (χ2n) is 5.32. The van der Waals surface area contributed by atoms with Crippen LogP contribution in [-0.4, -0.2) is 24.1 Å². The summed E-state index contributed by atoms with van der Waals surface area (Å²) < 4.78 is 5.79. The monoisotopic (exact) mass is 298 g/mol. The predicted molar refractivity (Wildman–Crippen MR) is 84.4 cm³/mol. The molecule has 3 rings (SSSR count). The second-order valence-corrected chi connectivity index (χ2v) is 6.10. The number of rotatable bonds is 7. The Kier molecular flexibility index (Phi) is 4.54. The summed E-state index contributed by atoms with van der Waals surface area (Å²) in [7, 11) is 0. The number of benzene rings is 1. The van der Waals surface area contributed by atoms with E-state index in [9.17, 15) is 0 Å². The molecule has 1 aromatic heterocycles. The summed E-state index contributed by atoms with van der Waals surface area (Å²) in [6.45, 7) is 2.60. The van der Waals surface area contributed by atoms with Crippen molar-refractivity contribution in [2.75, 3.05) is 13.2 Å². The molecule has 0 saturated heterocycles. The van der Waals surface area contributed by atoms with Gasteiger partial charge in [-0.05, 0) is 53.4 Å². The zero-order chi connectivity index (χ0) is 14.5. The van der Waals surface area contributed by atoms with Gasteiger partial charge in [0.05, 0.1) is 11.6 Å². The lowest BCUT2D eigenvalue weighted by Gasteiger charge is -2.21. The molecule has 0 N–H and O–H groups in total. The van der Waals surface area contributed by atoms with E-state index in [2.05, 4.69) is 27.8 Å². The first-order chi connectivity index (χ1) is 10.3. The van der Waals surface area contributed by atoms with Crippen molar-refractivity contribution in [1.29, 1.82) is 5.26 Å². The third-order valence-corrected chi connectivity index (χ3v) is 4.37. The first-order valence-corrected chi connectivity index (χ1v) is 8.17. The van der Waals surface area contributed by atoms with E-state index in [1.54, 1.807) is 23.5 Å². The molecule has 0 amide bonds. The number of thiophene rings is 1. The first kappa shape index (κ1) is 14.1. The molecule has 1 fully saturated rings. The molecule has 0 radical (unpaired) electrons. The summed E-state index contributed by atoms with van der Waals surface area (Å²) in [6, 6.07) is 12.4. The molecule has 108 valence electrons. The highest BCUT2D eigenvalue weighted by Gasteiger charge is 2.28. The minimum Gasteiger partial charge on any atom is -0.492 e. The smallest absolute Gasteiger partial charge is 0.120 e. The molecule has 3 nitrogen and oxygen atoms in total. The SMILES string of the molecule is N#Cc1cccc(OCCN(Cc2ccsc2)C2CC2)c1. The molecule has 0 aliphatic heterocycles. The highest BCUT2D eigenvalue weighted by Crippen LogP contribution is 2.28. The van der Waals surface area contributed by atoms with Crippen LogP contribution in [0.2, 0.25) is 0 Å². The summed E-state index contributed by atoms with van der Waals surface area (Å²) in [5.41, 5.74) is 2.03. The summed E-state index contributed by atoms with van der Waals surface area (Å²) in [5.74, 6) is 0.778. The van der Waals surface area contributed by atoms with Crippen LogP contribution in [0.4, 0.5) is 0 Å². The van der Waals surface area contributed by atoms with Gasteiger partial charge in [-0.15, -0.1) is 0 Å². The van der Waals surface area contributed by atoms with Crippen molar-refractivity contribution in [2.45, 2.75) is 25.4 Å². The Hall–Kier alpha value is -1.83. The average Bonchev–Trinajstić information content (AvgIpc) is 3.24. The van der Waals surface area contributed by atoms with E-state index in [0.717, 1.165) is 24.9 Å². The third-order valence-electron chi connectivity index (χ3n) is 3.64. The summed E-state index contributed by atoms with van der Waals surface area (Å²) in [4.78, 5) is 2.50. The number of nitriles is 1. The summed E-state index contributed by atoms with van der Waals surface area (Å²) in [5, 5.41) is 13.2. The van der Waals surface area contributed by atoms with Gasteiger partial charge in [-0.3, -0.25) is 4.90 Å². The van der Waals surface area contributed by atoms with Crippen LogP contribution < -0.4 is 4.74 Å². The Bertz CT molecular complexity index is 614. The van der Waals surface area contributed by atoms with E-state index in [1.165, 1.54) is 18.4 Å². The molecule has 0 spiro atoms. The van der Waals surface area contributed by atoms with E-state index in [4.69, 9.17) is 10.00 Å². The van der Waals surface area contributed by atoms with Crippen molar-refractivity contribution < 1.29 is 4.74 Å². The molecule has 0 bridgehead atoms. The van der Waals surface area contributed by atoms with Crippen molar-refractivity contribution in [3.63, 3.8) is 0 Å². The molecule has 1 saturated carbocycles. The van der Waals surface area contributed by atoms with Gasteiger partial charge in [0, 0.05) is 19.1 Å². The maximum atomic E-state index is 8.89. The normalized spacial score (nSPS) is 14.1. The van der Waals surface area contributed by atoms with E-state index >= 15 is 0 Å². The van der Waals surface area contributed by atoms with Gasteiger partial charge < -0.3 is 4.74 Å². The first-order valence-electron chi connectivity index (χ1n) is 7.23. The maximum Gasteiger partial charge on any atom is 0.120 e. The van der Waals surface area contributed by atoms with Crippen LogP contribution in [0.25, 0.3) is 0 Å². The molecule has 2 aromatic rings. The van der Waals surface area contributed by atoms with Gasteiger partial charge >= 0.3 is 0 Å². The molecule has 1 aliphatic carbocycles. The van der Waals surface area contributed by atoms with Gasteiger partial charge in [-0.2, -0.15) is 16.6 Å². The van der Waals surface area contributed by atoms with Crippen LogP contribution in [0.15, 0.2) is 41.1 Å². The minimum atomic E-state index is 0.643. The quantitative estimate of drug-likeness (QED) is 0.782. The fourth-order valence-corrected chi connectivity index (χ4v) is 3.04. The fourth-order valence-electron chi connectivity index (χ4n) is 2.38. The van der Waals surface area contributed by atoms with Crippen LogP contribution in [0.5, 0.6) is 5.75 Å². The molecule has 0 atom stereocenters. The van der Waals surface area contributed by atoms with Gasteiger partial charge in [-0.1, -0.05) is 6.07 Å². The molecular weight excluding hydrogens is 280 g/mol. The van der Waals surface area contributed by atoms with Gasteiger partial charge in [0.15, 0.2) is 0 Å². The largest absolute Gasteiger partial charge is 0.492 e.